The molecule has 1 unspecified atom stereocenters. The Bertz CT molecular complexity index is 127. The summed E-state index contributed by atoms with van der Waals surface area (Å²) in [5.41, 5.74) is 0. The molecular formula is C9H16O. The zero-order chi connectivity index (χ0) is 7.56. The van der Waals surface area contributed by atoms with Crippen LogP contribution < -0.4 is 0 Å². The maximum absolute atomic E-state index is 5.27. The van der Waals surface area contributed by atoms with Gasteiger partial charge in [0.2, 0.25) is 0 Å². The zero-order valence-corrected chi connectivity index (χ0v) is 6.89. The van der Waals surface area contributed by atoms with Crippen LogP contribution in [0.3, 0.4) is 0 Å². The van der Waals surface area contributed by atoms with Gasteiger partial charge >= 0.3 is 0 Å². The second-order valence-corrected chi connectivity index (χ2v) is 3.55. The van der Waals surface area contributed by atoms with E-state index in [1.165, 1.54) is 6.42 Å². The maximum Gasteiger partial charge on any atom is 0.0909 e. The van der Waals surface area contributed by atoms with Crippen LogP contribution >= 0.6 is 0 Å². The fourth-order valence-electron chi connectivity index (χ4n) is 1.49. The van der Waals surface area contributed by atoms with E-state index in [9.17, 15) is 0 Å². The minimum Gasteiger partial charge on any atom is -0.498 e. The summed E-state index contributed by atoms with van der Waals surface area (Å²) >= 11 is 0. The van der Waals surface area contributed by atoms with Gasteiger partial charge in [-0.25, -0.2) is 0 Å². The van der Waals surface area contributed by atoms with Gasteiger partial charge in [0.15, 0.2) is 0 Å². The highest BCUT2D eigenvalue weighted by atomic mass is 16.5. The monoisotopic (exact) mass is 140 g/mol. The molecule has 0 aromatic heterocycles. The van der Waals surface area contributed by atoms with Crippen LogP contribution in [0, 0.1) is 11.8 Å². The Kier molecular flexibility index (Phi) is 2.36. The standard InChI is InChI=1S/C9H16O/c1-7(2)4-9-5-8(3)10-6-9/h7,9H,3-6H2,1-2H3. The van der Waals surface area contributed by atoms with Crippen molar-refractivity contribution in [2.75, 3.05) is 6.61 Å². The van der Waals surface area contributed by atoms with Gasteiger partial charge in [-0.2, -0.15) is 0 Å². The molecule has 1 aliphatic heterocycles. The molecule has 58 valence electrons. The van der Waals surface area contributed by atoms with Gasteiger partial charge in [-0.1, -0.05) is 20.4 Å². The minimum absolute atomic E-state index is 0.743. The van der Waals surface area contributed by atoms with Gasteiger partial charge in [0.1, 0.15) is 0 Å². The average molecular weight is 140 g/mol. The van der Waals surface area contributed by atoms with Crippen molar-refractivity contribution in [1.29, 1.82) is 0 Å². The van der Waals surface area contributed by atoms with E-state index in [0.717, 1.165) is 30.6 Å². The van der Waals surface area contributed by atoms with Crippen molar-refractivity contribution in [2.24, 2.45) is 11.8 Å². The van der Waals surface area contributed by atoms with Gasteiger partial charge in [0, 0.05) is 12.3 Å². The number of rotatable bonds is 2. The molecule has 0 amide bonds. The Hall–Kier alpha value is -0.460. The van der Waals surface area contributed by atoms with Gasteiger partial charge in [-0.3, -0.25) is 0 Å². The predicted molar refractivity (Wildman–Crippen MR) is 42.7 cm³/mol. The van der Waals surface area contributed by atoms with E-state index in [2.05, 4.69) is 20.4 Å². The normalized spacial score (nSPS) is 25.5. The molecule has 1 fully saturated rings. The van der Waals surface area contributed by atoms with Crippen molar-refractivity contribution in [3.05, 3.63) is 12.3 Å². The molecule has 10 heavy (non-hydrogen) atoms. The maximum atomic E-state index is 5.27. The summed E-state index contributed by atoms with van der Waals surface area (Å²) in [6.07, 6.45) is 2.36. The summed E-state index contributed by atoms with van der Waals surface area (Å²) in [5, 5.41) is 0. The molecule has 1 atom stereocenters. The van der Waals surface area contributed by atoms with Gasteiger partial charge < -0.3 is 4.74 Å². The largest absolute Gasteiger partial charge is 0.498 e. The lowest BCUT2D eigenvalue weighted by molar-refractivity contribution is 0.232. The minimum atomic E-state index is 0.743. The second-order valence-electron chi connectivity index (χ2n) is 3.55. The highest BCUT2D eigenvalue weighted by Gasteiger charge is 2.19. The molecule has 0 aromatic rings. The summed E-state index contributed by atoms with van der Waals surface area (Å²) in [6, 6.07) is 0. The van der Waals surface area contributed by atoms with Crippen molar-refractivity contribution in [2.45, 2.75) is 26.7 Å². The molecule has 0 aliphatic carbocycles. The van der Waals surface area contributed by atoms with Crippen molar-refractivity contribution < 1.29 is 4.74 Å². The highest BCUT2D eigenvalue weighted by molar-refractivity contribution is 4.91. The zero-order valence-electron chi connectivity index (χ0n) is 6.89. The number of allylic oxidation sites excluding steroid dienone is 1. The fraction of sp³-hybridized carbons (Fsp3) is 0.778. The van der Waals surface area contributed by atoms with Gasteiger partial charge in [0.05, 0.1) is 12.4 Å². The Labute approximate surface area is 63.1 Å². The topological polar surface area (TPSA) is 9.23 Å². The first-order valence-electron chi connectivity index (χ1n) is 3.99. The van der Waals surface area contributed by atoms with Crippen molar-refractivity contribution in [3.63, 3.8) is 0 Å². The van der Waals surface area contributed by atoms with E-state index in [1.807, 2.05) is 0 Å². The first-order chi connectivity index (χ1) is 4.68. The number of ether oxygens (including phenoxy) is 1. The van der Waals surface area contributed by atoms with Crippen LogP contribution in [0.15, 0.2) is 12.3 Å². The van der Waals surface area contributed by atoms with Gasteiger partial charge in [0.25, 0.3) is 0 Å². The van der Waals surface area contributed by atoms with Crippen molar-refractivity contribution in [1.82, 2.24) is 0 Å². The van der Waals surface area contributed by atoms with Crippen molar-refractivity contribution in [3.8, 4) is 0 Å². The lowest BCUT2D eigenvalue weighted by Crippen LogP contribution is -2.02. The molecule has 1 nitrogen and oxygen atoms in total. The summed E-state index contributed by atoms with van der Waals surface area (Å²) < 4.78 is 5.27. The third-order valence-electron chi connectivity index (χ3n) is 1.84. The van der Waals surface area contributed by atoms with E-state index in [4.69, 9.17) is 4.74 Å². The molecule has 1 heteroatoms. The summed E-state index contributed by atoms with van der Waals surface area (Å²) in [6.45, 7) is 9.19. The van der Waals surface area contributed by atoms with Crippen LogP contribution in [0.1, 0.15) is 26.7 Å². The van der Waals surface area contributed by atoms with Crippen LogP contribution in [-0.4, -0.2) is 6.61 Å². The van der Waals surface area contributed by atoms with E-state index >= 15 is 0 Å². The van der Waals surface area contributed by atoms with Crippen LogP contribution in [0.25, 0.3) is 0 Å². The molecule has 0 bridgehead atoms. The van der Waals surface area contributed by atoms with E-state index in [0.29, 0.717) is 0 Å². The Balaban J connectivity index is 2.24. The lowest BCUT2D eigenvalue weighted by Gasteiger charge is -2.08. The van der Waals surface area contributed by atoms with E-state index in [1.54, 1.807) is 0 Å². The quantitative estimate of drug-likeness (QED) is 0.573. The van der Waals surface area contributed by atoms with E-state index < -0.39 is 0 Å². The Morgan fingerprint density at radius 2 is 2.40 bits per heavy atom. The van der Waals surface area contributed by atoms with Crippen LogP contribution in [-0.2, 0) is 4.74 Å². The van der Waals surface area contributed by atoms with E-state index in [-0.39, 0.29) is 0 Å². The lowest BCUT2D eigenvalue weighted by atomic mass is 9.96. The first-order valence-corrected chi connectivity index (χ1v) is 3.99. The van der Waals surface area contributed by atoms with Crippen LogP contribution in [0.4, 0.5) is 0 Å². The van der Waals surface area contributed by atoms with Crippen molar-refractivity contribution >= 4 is 0 Å². The number of hydrogen-bond donors (Lipinski definition) is 0. The molecule has 0 spiro atoms. The molecule has 1 rings (SSSR count). The molecule has 1 heterocycles. The predicted octanol–water partition coefficient (Wildman–Crippen LogP) is 2.58. The Morgan fingerprint density at radius 1 is 1.70 bits per heavy atom. The van der Waals surface area contributed by atoms with Crippen LogP contribution in [0.2, 0.25) is 0 Å². The summed E-state index contributed by atoms with van der Waals surface area (Å²) in [5.74, 6) is 2.51. The molecule has 0 aromatic carbocycles. The Morgan fingerprint density at radius 3 is 2.80 bits per heavy atom. The molecule has 0 N–H and O–H groups in total. The smallest absolute Gasteiger partial charge is 0.0909 e. The second kappa shape index (κ2) is 3.09. The van der Waals surface area contributed by atoms with Crippen LogP contribution in [0.5, 0.6) is 0 Å². The van der Waals surface area contributed by atoms with Gasteiger partial charge in [-0.05, 0) is 12.3 Å². The highest BCUT2D eigenvalue weighted by Crippen LogP contribution is 2.26. The fourth-order valence-corrected chi connectivity index (χ4v) is 1.49. The average Bonchev–Trinajstić information content (AvgIpc) is 2.13. The number of hydrogen-bond acceptors (Lipinski definition) is 1. The summed E-state index contributed by atoms with van der Waals surface area (Å²) in [4.78, 5) is 0. The first kappa shape index (κ1) is 7.64. The molecule has 0 saturated carbocycles. The SMILES string of the molecule is C=C1CC(CC(C)C)CO1. The summed E-state index contributed by atoms with van der Waals surface area (Å²) in [7, 11) is 0. The molecular weight excluding hydrogens is 124 g/mol. The van der Waals surface area contributed by atoms with Gasteiger partial charge in [-0.15, -0.1) is 0 Å². The molecule has 1 saturated heterocycles. The third-order valence-corrected chi connectivity index (χ3v) is 1.84. The third kappa shape index (κ3) is 2.05. The molecule has 0 radical (unpaired) electrons. The molecule has 1 aliphatic rings.